The molecule has 2 rings (SSSR count). The van der Waals surface area contributed by atoms with Crippen molar-refractivity contribution in [1.29, 1.82) is 0 Å². The van der Waals surface area contributed by atoms with Gasteiger partial charge in [0.15, 0.2) is 0 Å². The molecule has 0 aliphatic carbocycles. The molecule has 0 aliphatic heterocycles. The van der Waals surface area contributed by atoms with Crippen molar-refractivity contribution in [3.63, 3.8) is 0 Å². The van der Waals surface area contributed by atoms with Crippen LogP contribution in [0, 0.1) is 11.6 Å². The van der Waals surface area contributed by atoms with Crippen molar-refractivity contribution in [2.75, 3.05) is 5.32 Å². The van der Waals surface area contributed by atoms with Crippen LogP contribution in [-0.2, 0) is 6.18 Å². The van der Waals surface area contributed by atoms with Crippen LogP contribution in [0.4, 0.5) is 27.6 Å². The summed E-state index contributed by atoms with van der Waals surface area (Å²) in [6.45, 7) is 0. The minimum atomic E-state index is -4.78. The number of nitrogens with one attached hydrogen (secondary N) is 1. The second kappa shape index (κ2) is 5.92. The highest BCUT2D eigenvalue weighted by Crippen LogP contribution is 2.30. The summed E-state index contributed by atoms with van der Waals surface area (Å²) in [7, 11) is 0. The number of amides is 1. The number of alkyl halides is 3. The highest BCUT2D eigenvalue weighted by atomic mass is 35.5. The zero-order chi connectivity index (χ0) is 16.5. The van der Waals surface area contributed by atoms with Crippen LogP contribution in [0.2, 0.25) is 5.02 Å². The molecule has 0 saturated heterocycles. The number of anilines is 1. The first-order valence-corrected chi connectivity index (χ1v) is 6.19. The lowest BCUT2D eigenvalue weighted by Gasteiger charge is -2.10. The quantitative estimate of drug-likeness (QED) is 0.778. The number of hydrogen-bond donors (Lipinski definition) is 1. The summed E-state index contributed by atoms with van der Waals surface area (Å²) in [6, 6.07) is 4.69. The van der Waals surface area contributed by atoms with Gasteiger partial charge in [0.1, 0.15) is 11.6 Å². The molecule has 0 unspecified atom stereocenters. The Bertz CT molecular complexity index is 730. The van der Waals surface area contributed by atoms with E-state index >= 15 is 0 Å². The van der Waals surface area contributed by atoms with Crippen LogP contribution < -0.4 is 5.32 Å². The minimum absolute atomic E-state index is 0.0641. The maximum absolute atomic E-state index is 13.2. The first kappa shape index (κ1) is 16.2. The van der Waals surface area contributed by atoms with E-state index in [0.29, 0.717) is 12.1 Å². The van der Waals surface area contributed by atoms with Gasteiger partial charge in [0, 0.05) is 11.3 Å². The lowest BCUT2D eigenvalue weighted by molar-refractivity contribution is -0.137. The van der Waals surface area contributed by atoms with Gasteiger partial charge in [-0.1, -0.05) is 11.6 Å². The predicted molar refractivity (Wildman–Crippen MR) is 70.8 cm³/mol. The van der Waals surface area contributed by atoms with Crippen molar-refractivity contribution in [2.45, 2.75) is 6.18 Å². The zero-order valence-corrected chi connectivity index (χ0v) is 11.4. The number of hydrogen-bond acceptors (Lipinski definition) is 1. The SMILES string of the molecule is O=C(Nc1ccc(F)c(Cl)c1)c1cc(F)cc(C(F)(F)F)c1. The van der Waals surface area contributed by atoms with E-state index in [1.807, 2.05) is 0 Å². The Morgan fingerprint density at radius 3 is 2.32 bits per heavy atom. The largest absolute Gasteiger partial charge is 0.416 e. The van der Waals surface area contributed by atoms with Gasteiger partial charge in [0.2, 0.25) is 0 Å². The Kier molecular flexibility index (Phi) is 4.37. The first-order chi connectivity index (χ1) is 10.2. The van der Waals surface area contributed by atoms with E-state index in [1.165, 1.54) is 6.07 Å². The molecule has 22 heavy (non-hydrogen) atoms. The van der Waals surface area contributed by atoms with Crippen molar-refractivity contribution >= 4 is 23.2 Å². The van der Waals surface area contributed by atoms with Gasteiger partial charge in [-0.15, -0.1) is 0 Å². The maximum Gasteiger partial charge on any atom is 0.416 e. The summed E-state index contributed by atoms with van der Waals surface area (Å²) in [5, 5.41) is 1.94. The van der Waals surface area contributed by atoms with Crippen LogP contribution in [0.1, 0.15) is 15.9 Å². The number of carbonyl (C=O) groups excluding carboxylic acids is 1. The maximum atomic E-state index is 13.2. The van der Waals surface area contributed by atoms with Gasteiger partial charge in [0.05, 0.1) is 10.6 Å². The van der Waals surface area contributed by atoms with Crippen molar-refractivity contribution in [2.24, 2.45) is 0 Å². The van der Waals surface area contributed by atoms with Crippen molar-refractivity contribution in [3.8, 4) is 0 Å². The van der Waals surface area contributed by atoms with Gasteiger partial charge in [-0.3, -0.25) is 4.79 Å². The standard InChI is InChI=1S/C14H7ClF5NO/c15-11-6-10(1-2-12(11)17)21-13(22)7-3-8(14(18,19)20)5-9(16)4-7/h1-6H,(H,21,22). The average Bonchev–Trinajstić information content (AvgIpc) is 2.41. The molecule has 0 atom stereocenters. The molecule has 0 bridgehead atoms. The fraction of sp³-hybridized carbons (Fsp3) is 0.0714. The summed E-state index contributed by atoms with van der Waals surface area (Å²) < 4.78 is 63.9. The number of halogens is 6. The molecule has 0 aliphatic rings. The van der Waals surface area contributed by atoms with E-state index in [2.05, 4.69) is 5.32 Å². The number of rotatable bonds is 2. The summed E-state index contributed by atoms with van der Waals surface area (Å²) in [5.74, 6) is -2.89. The molecule has 116 valence electrons. The van der Waals surface area contributed by atoms with Gasteiger partial charge < -0.3 is 5.32 Å². The predicted octanol–water partition coefficient (Wildman–Crippen LogP) is 4.89. The lowest BCUT2D eigenvalue weighted by atomic mass is 10.1. The summed E-state index contributed by atoms with van der Waals surface area (Å²) >= 11 is 5.52. The van der Waals surface area contributed by atoms with E-state index in [4.69, 9.17) is 11.6 Å². The van der Waals surface area contributed by atoms with Gasteiger partial charge in [-0.2, -0.15) is 13.2 Å². The smallest absolute Gasteiger partial charge is 0.322 e. The Hall–Kier alpha value is -2.15. The van der Waals surface area contributed by atoms with E-state index < -0.39 is 34.8 Å². The van der Waals surface area contributed by atoms with Crippen molar-refractivity contribution in [3.05, 3.63) is 64.2 Å². The highest BCUT2D eigenvalue weighted by Gasteiger charge is 2.32. The molecule has 0 aromatic heterocycles. The topological polar surface area (TPSA) is 29.1 Å². The van der Waals surface area contributed by atoms with E-state index in [-0.39, 0.29) is 16.8 Å². The number of benzene rings is 2. The normalized spacial score (nSPS) is 11.4. The molecule has 2 nitrogen and oxygen atoms in total. The second-order valence-corrected chi connectivity index (χ2v) is 4.72. The molecular formula is C14H7ClF5NO. The van der Waals surface area contributed by atoms with Crippen molar-refractivity contribution < 1.29 is 26.7 Å². The van der Waals surface area contributed by atoms with E-state index in [1.54, 1.807) is 0 Å². The fourth-order valence-electron chi connectivity index (χ4n) is 1.66. The van der Waals surface area contributed by atoms with Gasteiger partial charge in [-0.25, -0.2) is 8.78 Å². The molecule has 0 radical (unpaired) electrons. The Balaban J connectivity index is 2.29. The highest BCUT2D eigenvalue weighted by molar-refractivity contribution is 6.31. The molecule has 0 spiro atoms. The monoisotopic (exact) mass is 335 g/mol. The molecule has 2 aromatic carbocycles. The van der Waals surface area contributed by atoms with Crippen LogP contribution >= 0.6 is 11.6 Å². The van der Waals surface area contributed by atoms with Crippen LogP contribution in [0.3, 0.4) is 0 Å². The van der Waals surface area contributed by atoms with Crippen LogP contribution in [-0.4, -0.2) is 5.91 Å². The van der Waals surface area contributed by atoms with Gasteiger partial charge in [-0.05, 0) is 36.4 Å². The van der Waals surface area contributed by atoms with Crippen LogP contribution in [0.25, 0.3) is 0 Å². The Labute approximate surface area is 126 Å². The third kappa shape index (κ3) is 3.73. The molecule has 0 saturated carbocycles. The van der Waals surface area contributed by atoms with Crippen LogP contribution in [0.15, 0.2) is 36.4 Å². The zero-order valence-electron chi connectivity index (χ0n) is 10.6. The van der Waals surface area contributed by atoms with Crippen molar-refractivity contribution in [1.82, 2.24) is 0 Å². The second-order valence-electron chi connectivity index (χ2n) is 4.31. The summed E-state index contributed by atoms with van der Waals surface area (Å²) in [6.07, 6.45) is -4.78. The molecular weight excluding hydrogens is 329 g/mol. The summed E-state index contributed by atoms with van der Waals surface area (Å²) in [4.78, 5) is 11.9. The molecule has 0 fully saturated rings. The van der Waals surface area contributed by atoms with E-state index in [0.717, 1.165) is 12.1 Å². The molecule has 8 heteroatoms. The molecule has 2 aromatic rings. The van der Waals surface area contributed by atoms with Crippen LogP contribution in [0.5, 0.6) is 0 Å². The average molecular weight is 336 g/mol. The lowest BCUT2D eigenvalue weighted by Crippen LogP contribution is -2.14. The summed E-state index contributed by atoms with van der Waals surface area (Å²) in [5.41, 5.74) is -1.74. The van der Waals surface area contributed by atoms with Gasteiger partial charge in [0.25, 0.3) is 5.91 Å². The molecule has 1 N–H and O–H groups in total. The number of carbonyl (C=O) groups is 1. The van der Waals surface area contributed by atoms with E-state index in [9.17, 15) is 26.7 Å². The van der Waals surface area contributed by atoms with Gasteiger partial charge >= 0.3 is 6.18 Å². The minimum Gasteiger partial charge on any atom is -0.322 e. The third-order valence-electron chi connectivity index (χ3n) is 2.66. The Morgan fingerprint density at radius 1 is 1.05 bits per heavy atom. The molecule has 0 heterocycles. The Morgan fingerprint density at radius 2 is 1.73 bits per heavy atom. The third-order valence-corrected chi connectivity index (χ3v) is 2.95. The fourth-order valence-corrected chi connectivity index (χ4v) is 1.84. The first-order valence-electron chi connectivity index (χ1n) is 5.81. The molecule has 1 amide bonds.